The molecule has 9 heteroatoms. The van der Waals surface area contributed by atoms with E-state index in [0.717, 1.165) is 53.1 Å². The highest BCUT2D eigenvalue weighted by atomic mass is 79.9. The van der Waals surface area contributed by atoms with Gasteiger partial charge in [-0.15, -0.1) is 0 Å². The maximum Gasteiger partial charge on any atom is 0.275 e. The molecule has 6 nitrogen and oxygen atoms in total. The number of aromatic nitrogens is 4. The highest BCUT2D eigenvalue weighted by Crippen LogP contribution is 2.29. The normalized spacial score (nSPS) is 15.5. The van der Waals surface area contributed by atoms with Gasteiger partial charge in [-0.05, 0) is 53.2 Å². The second-order valence-electron chi connectivity index (χ2n) is 6.20. The third-order valence-corrected chi connectivity index (χ3v) is 6.01. The fraction of sp³-hybridized carbons (Fsp3) is 0.412. The summed E-state index contributed by atoms with van der Waals surface area (Å²) in [5.41, 5.74) is 0.880. The molecule has 0 amide bonds. The Morgan fingerprint density at radius 2 is 2.04 bits per heavy atom. The lowest BCUT2D eigenvalue weighted by molar-refractivity contribution is 0.258. The van der Waals surface area contributed by atoms with Crippen LogP contribution in [-0.2, 0) is 0 Å². The molecule has 1 fully saturated rings. The van der Waals surface area contributed by atoms with Crippen LogP contribution in [0.5, 0.6) is 5.19 Å². The lowest BCUT2D eigenvalue weighted by Crippen LogP contribution is -2.34. The molecular formula is C17H17BrClN5OS. The molecule has 1 saturated heterocycles. The van der Waals surface area contributed by atoms with Gasteiger partial charge < -0.3 is 9.64 Å². The van der Waals surface area contributed by atoms with Gasteiger partial charge in [-0.25, -0.2) is 19.9 Å². The number of hydrogen-bond acceptors (Lipinski definition) is 7. The van der Waals surface area contributed by atoms with Gasteiger partial charge in [0.1, 0.15) is 25.9 Å². The molecule has 136 valence electrons. The molecule has 0 bridgehead atoms. The molecule has 4 rings (SSSR count). The van der Waals surface area contributed by atoms with Crippen molar-refractivity contribution in [3.63, 3.8) is 0 Å². The van der Waals surface area contributed by atoms with Crippen molar-refractivity contribution in [1.29, 1.82) is 0 Å². The molecule has 0 saturated carbocycles. The van der Waals surface area contributed by atoms with E-state index in [1.165, 1.54) is 11.3 Å². The molecule has 1 aliphatic heterocycles. The number of nitrogens with zero attached hydrogens (tertiary/aromatic N) is 5. The zero-order chi connectivity index (χ0) is 17.9. The van der Waals surface area contributed by atoms with Crippen molar-refractivity contribution in [2.24, 2.45) is 5.92 Å². The van der Waals surface area contributed by atoms with Gasteiger partial charge in [-0.1, -0.05) is 22.9 Å². The highest BCUT2D eigenvalue weighted by Gasteiger charge is 2.20. The third-order valence-electron chi connectivity index (χ3n) is 4.50. The van der Waals surface area contributed by atoms with Crippen LogP contribution in [0.3, 0.4) is 0 Å². The second-order valence-corrected chi connectivity index (χ2v) is 8.34. The predicted molar refractivity (Wildman–Crippen MR) is 107 cm³/mol. The van der Waals surface area contributed by atoms with E-state index in [-0.39, 0.29) is 0 Å². The zero-order valence-electron chi connectivity index (χ0n) is 13.9. The van der Waals surface area contributed by atoms with E-state index < -0.39 is 0 Å². The first-order chi connectivity index (χ1) is 12.7. The number of halogens is 2. The summed E-state index contributed by atoms with van der Waals surface area (Å²) in [5, 5.41) is 1.12. The average Bonchev–Trinajstić information content (AvgIpc) is 3.05. The van der Waals surface area contributed by atoms with Crippen molar-refractivity contribution < 1.29 is 4.74 Å². The molecule has 0 atom stereocenters. The minimum Gasteiger partial charge on any atom is -0.470 e. The summed E-state index contributed by atoms with van der Waals surface area (Å²) in [6.07, 6.45) is 6.63. The Labute approximate surface area is 168 Å². The van der Waals surface area contributed by atoms with Crippen LogP contribution in [0, 0.1) is 5.92 Å². The molecule has 0 N–H and O–H groups in total. The van der Waals surface area contributed by atoms with Gasteiger partial charge >= 0.3 is 0 Å². The van der Waals surface area contributed by atoms with Crippen LogP contribution in [0.4, 0.5) is 5.82 Å². The fourth-order valence-corrected chi connectivity index (χ4v) is 4.41. The number of thiazole rings is 1. The first kappa shape index (κ1) is 17.9. The molecule has 1 aliphatic rings. The predicted octanol–water partition coefficient (Wildman–Crippen LogP) is 4.58. The first-order valence-corrected chi connectivity index (χ1v) is 10.4. The standard InChI is InChI=1S/C17H17BrClN5OS/c18-13-2-1-12-16(23-13)26-17(22-12)25-8-5-11-3-6-24(7-4-11)15-10-20-14(19)9-21-15/h1-2,9-11H,3-8H2. The van der Waals surface area contributed by atoms with E-state index in [0.29, 0.717) is 22.9 Å². The highest BCUT2D eigenvalue weighted by molar-refractivity contribution is 9.10. The van der Waals surface area contributed by atoms with Gasteiger partial charge in [-0.2, -0.15) is 0 Å². The van der Waals surface area contributed by atoms with Gasteiger partial charge in [0.05, 0.1) is 19.0 Å². The molecule has 4 heterocycles. The van der Waals surface area contributed by atoms with Crippen molar-refractivity contribution in [2.75, 3.05) is 24.6 Å². The van der Waals surface area contributed by atoms with E-state index in [2.05, 4.69) is 40.8 Å². The summed E-state index contributed by atoms with van der Waals surface area (Å²) >= 11 is 10.7. The van der Waals surface area contributed by atoms with E-state index in [1.54, 1.807) is 12.4 Å². The fourth-order valence-electron chi connectivity index (χ4n) is 3.07. The molecular weight excluding hydrogens is 438 g/mol. The van der Waals surface area contributed by atoms with Crippen LogP contribution in [0.2, 0.25) is 5.15 Å². The topological polar surface area (TPSA) is 64.0 Å². The van der Waals surface area contributed by atoms with Gasteiger partial charge in [0.15, 0.2) is 0 Å². The Balaban J connectivity index is 1.25. The van der Waals surface area contributed by atoms with Crippen molar-refractivity contribution in [2.45, 2.75) is 19.3 Å². The monoisotopic (exact) mass is 453 g/mol. The Bertz CT molecular complexity index is 882. The number of pyridine rings is 1. The Kier molecular flexibility index (Phi) is 5.52. The van der Waals surface area contributed by atoms with Crippen molar-refractivity contribution >= 4 is 55.0 Å². The number of rotatable bonds is 5. The second kappa shape index (κ2) is 8.02. The van der Waals surface area contributed by atoms with Gasteiger partial charge in [0.25, 0.3) is 5.19 Å². The van der Waals surface area contributed by atoms with E-state index in [4.69, 9.17) is 16.3 Å². The molecule has 0 aliphatic carbocycles. The van der Waals surface area contributed by atoms with Crippen LogP contribution in [0.25, 0.3) is 10.3 Å². The maximum absolute atomic E-state index is 5.86. The van der Waals surface area contributed by atoms with Gasteiger partial charge in [0, 0.05) is 13.1 Å². The largest absolute Gasteiger partial charge is 0.470 e. The lowest BCUT2D eigenvalue weighted by Gasteiger charge is -2.32. The van der Waals surface area contributed by atoms with Crippen molar-refractivity contribution in [1.82, 2.24) is 19.9 Å². The summed E-state index contributed by atoms with van der Waals surface area (Å²) in [4.78, 5) is 20.5. The molecule has 0 radical (unpaired) electrons. The minimum atomic E-state index is 0.429. The third kappa shape index (κ3) is 4.24. The molecule has 0 spiro atoms. The van der Waals surface area contributed by atoms with Crippen LogP contribution in [0.1, 0.15) is 19.3 Å². The maximum atomic E-state index is 5.86. The summed E-state index contributed by atoms with van der Waals surface area (Å²) in [7, 11) is 0. The van der Waals surface area contributed by atoms with Crippen LogP contribution < -0.4 is 9.64 Å². The molecule has 3 aromatic heterocycles. The number of anilines is 1. The van der Waals surface area contributed by atoms with Crippen LogP contribution >= 0.6 is 38.9 Å². The minimum absolute atomic E-state index is 0.429. The lowest BCUT2D eigenvalue weighted by atomic mass is 9.94. The Morgan fingerprint density at radius 1 is 1.19 bits per heavy atom. The number of hydrogen-bond donors (Lipinski definition) is 0. The van der Waals surface area contributed by atoms with Gasteiger partial charge in [0.2, 0.25) is 0 Å². The number of ether oxygens (including phenoxy) is 1. The van der Waals surface area contributed by atoms with Crippen LogP contribution in [0.15, 0.2) is 29.1 Å². The molecule has 3 aromatic rings. The van der Waals surface area contributed by atoms with Crippen LogP contribution in [-0.4, -0.2) is 39.6 Å². The average molecular weight is 455 g/mol. The smallest absolute Gasteiger partial charge is 0.275 e. The molecule has 0 unspecified atom stereocenters. The Morgan fingerprint density at radius 3 is 2.81 bits per heavy atom. The summed E-state index contributed by atoms with van der Waals surface area (Å²) in [6.45, 7) is 2.66. The Hall–Kier alpha value is -1.51. The first-order valence-electron chi connectivity index (χ1n) is 8.46. The van der Waals surface area contributed by atoms with E-state index in [9.17, 15) is 0 Å². The number of fused-ring (bicyclic) bond motifs is 1. The molecule has 0 aromatic carbocycles. The SMILES string of the molecule is Clc1cnc(N2CCC(CCOc3nc4ccc(Br)nc4s3)CC2)cn1. The van der Waals surface area contributed by atoms with Crippen molar-refractivity contribution in [3.8, 4) is 5.19 Å². The zero-order valence-corrected chi connectivity index (χ0v) is 17.1. The molecule has 26 heavy (non-hydrogen) atoms. The quantitative estimate of drug-likeness (QED) is 0.526. The number of piperidine rings is 1. The van der Waals surface area contributed by atoms with E-state index >= 15 is 0 Å². The summed E-state index contributed by atoms with van der Waals surface area (Å²) in [5.74, 6) is 1.56. The van der Waals surface area contributed by atoms with Crippen molar-refractivity contribution in [3.05, 3.63) is 34.3 Å². The van der Waals surface area contributed by atoms with E-state index in [1.807, 2.05) is 12.1 Å². The summed E-state index contributed by atoms with van der Waals surface area (Å²) in [6, 6.07) is 3.84. The summed E-state index contributed by atoms with van der Waals surface area (Å²) < 4.78 is 6.68. The van der Waals surface area contributed by atoms with Gasteiger partial charge in [-0.3, -0.25) is 0 Å².